The highest BCUT2D eigenvalue weighted by molar-refractivity contribution is 7.10. The van der Waals surface area contributed by atoms with Gasteiger partial charge in [-0.2, -0.15) is 0 Å². The lowest BCUT2D eigenvalue weighted by atomic mass is 10.1. The van der Waals surface area contributed by atoms with Crippen LogP contribution < -0.4 is 26.4 Å². The number of carbonyl (C=O) groups is 3. The Hall–Kier alpha value is -4.02. The predicted octanol–water partition coefficient (Wildman–Crippen LogP) is 2.87. The molecule has 3 amide bonds. The molecule has 192 valence electrons. The summed E-state index contributed by atoms with van der Waals surface area (Å²) in [5.41, 5.74) is 7.22. The zero-order valence-electron chi connectivity index (χ0n) is 20.4. The van der Waals surface area contributed by atoms with Crippen LogP contribution in [-0.2, 0) is 16.0 Å². The molecule has 9 nitrogen and oxygen atoms in total. The van der Waals surface area contributed by atoms with Gasteiger partial charge in [-0.3, -0.25) is 25.1 Å². The fourth-order valence-corrected chi connectivity index (χ4v) is 4.94. The third-order valence-corrected chi connectivity index (χ3v) is 6.98. The predicted molar refractivity (Wildman–Crippen MR) is 142 cm³/mol. The fraction of sp³-hybridized carbons (Fsp3) is 0.259. The molecule has 1 fully saturated rings. The summed E-state index contributed by atoms with van der Waals surface area (Å²) in [6.45, 7) is 2.56. The highest BCUT2D eigenvalue weighted by Crippen LogP contribution is 2.25. The molecule has 0 bridgehead atoms. The van der Waals surface area contributed by atoms with Gasteiger partial charge in [-0.25, -0.2) is 0 Å². The molecule has 2 aromatic carbocycles. The Bertz CT molecular complexity index is 1300. The molecule has 1 saturated heterocycles. The van der Waals surface area contributed by atoms with Gasteiger partial charge in [-0.05, 0) is 68.3 Å². The molecule has 0 aliphatic carbocycles. The van der Waals surface area contributed by atoms with Crippen LogP contribution in [0.25, 0.3) is 0 Å². The number of hydrogen-bond acceptors (Lipinski definition) is 7. The molecule has 1 aliphatic heterocycles. The van der Waals surface area contributed by atoms with E-state index < -0.39 is 29.8 Å². The molecule has 1 aromatic heterocycles. The molecule has 1 aliphatic rings. The first-order chi connectivity index (χ1) is 17.8. The third-order valence-electron chi connectivity index (χ3n) is 6.02. The van der Waals surface area contributed by atoms with Crippen molar-refractivity contribution in [2.24, 2.45) is 5.73 Å². The van der Waals surface area contributed by atoms with E-state index in [1.165, 1.54) is 11.3 Å². The van der Waals surface area contributed by atoms with Crippen molar-refractivity contribution in [2.45, 2.75) is 38.3 Å². The van der Waals surface area contributed by atoms with Crippen LogP contribution in [0.1, 0.15) is 39.2 Å². The van der Waals surface area contributed by atoms with Crippen molar-refractivity contribution in [2.75, 3.05) is 6.54 Å². The summed E-state index contributed by atoms with van der Waals surface area (Å²) in [6.07, 6.45) is 1.66. The number of carbonyl (C=O) groups excluding carboxylic acids is 3. The third kappa shape index (κ3) is 6.81. The Morgan fingerprint density at radius 2 is 1.95 bits per heavy atom. The molecule has 0 unspecified atom stereocenters. The number of aryl methyl sites for hydroxylation is 1. The summed E-state index contributed by atoms with van der Waals surface area (Å²) < 4.78 is 5.89. The van der Waals surface area contributed by atoms with Crippen molar-refractivity contribution >= 4 is 34.9 Å². The molecule has 3 aromatic rings. The fourth-order valence-electron chi connectivity index (χ4n) is 4.01. The normalized spacial score (nSPS) is 15.5. The van der Waals surface area contributed by atoms with Gasteiger partial charge in [0.1, 0.15) is 23.4 Å². The molecule has 4 rings (SSSR count). The highest BCUT2D eigenvalue weighted by atomic mass is 32.1. The molecule has 6 N–H and O–H groups in total. The van der Waals surface area contributed by atoms with E-state index in [1.807, 2.05) is 37.3 Å². The second-order valence-corrected chi connectivity index (χ2v) is 9.84. The number of para-hydroxylation sites is 1. The van der Waals surface area contributed by atoms with Crippen molar-refractivity contribution in [1.29, 1.82) is 5.41 Å². The van der Waals surface area contributed by atoms with Crippen molar-refractivity contribution in [3.63, 3.8) is 0 Å². The summed E-state index contributed by atoms with van der Waals surface area (Å²) in [7, 11) is 0. The highest BCUT2D eigenvalue weighted by Gasteiger charge is 2.28. The van der Waals surface area contributed by atoms with Gasteiger partial charge in [0.15, 0.2) is 0 Å². The zero-order valence-corrected chi connectivity index (χ0v) is 21.2. The number of amides is 3. The lowest BCUT2D eigenvalue weighted by Gasteiger charge is -2.19. The van der Waals surface area contributed by atoms with Crippen LogP contribution >= 0.6 is 11.3 Å². The standard InChI is InChI=1S/C27H29N5O4S/c1-16-12-17(9-10-23(16)36-19-6-3-2-4-7-19)25(33)31-22(14-20-13-18(15-37-20)24(28)29)27(35)32-26(34)21-8-5-11-30-21/h2-4,6-7,9-10,12-13,15,21-22,30H,5,8,11,14H2,1H3,(H3,28,29)(H,31,33)(H,32,34,35)/t21-,22-/m0/s1. The Kier molecular flexibility index (Phi) is 8.32. The second-order valence-electron chi connectivity index (χ2n) is 8.84. The first kappa shape index (κ1) is 26.1. The maximum atomic E-state index is 13.1. The minimum absolute atomic E-state index is 0.0803. The summed E-state index contributed by atoms with van der Waals surface area (Å²) >= 11 is 1.33. The van der Waals surface area contributed by atoms with Crippen molar-refractivity contribution in [3.8, 4) is 11.5 Å². The minimum atomic E-state index is -1.00. The van der Waals surface area contributed by atoms with Crippen molar-refractivity contribution in [1.82, 2.24) is 16.0 Å². The SMILES string of the molecule is Cc1cc(C(=O)N[C@@H](Cc2cc(C(=N)N)cs2)C(=O)NC(=O)[C@@H]2CCCN2)ccc1Oc1ccccc1. The van der Waals surface area contributed by atoms with Gasteiger partial charge in [-0.1, -0.05) is 18.2 Å². The lowest BCUT2D eigenvalue weighted by molar-refractivity contribution is -0.132. The monoisotopic (exact) mass is 519 g/mol. The van der Waals surface area contributed by atoms with Crippen LogP contribution in [0.3, 0.4) is 0 Å². The van der Waals surface area contributed by atoms with E-state index >= 15 is 0 Å². The Labute approximate surface area is 218 Å². The van der Waals surface area contributed by atoms with Gasteiger partial charge in [0.25, 0.3) is 5.91 Å². The van der Waals surface area contributed by atoms with E-state index in [9.17, 15) is 14.4 Å². The summed E-state index contributed by atoms with van der Waals surface area (Å²) in [6, 6.07) is 14.6. The van der Waals surface area contributed by atoms with E-state index in [0.717, 1.165) is 23.4 Å². The molecule has 2 heterocycles. The number of nitrogens with two attached hydrogens (primary N) is 1. The Morgan fingerprint density at radius 1 is 1.16 bits per heavy atom. The lowest BCUT2D eigenvalue weighted by Crippen LogP contribution is -2.52. The quantitative estimate of drug-likeness (QED) is 0.217. The van der Waals surface area contributed by atoms with Crippen LogP contribution in [0.5, 0.6) is 11.5 Å². The topological polar surface area (TPSA) is 146 Å². The number of thiophene rings is 1. The van der Waals surface area contributed by atoms with Crippen molar-refractivity contribution < 1.29 is 19.1 Å². The molecule has 10 heteroatoms. The first-order valence-corrected chi connectivity index (χ1v) is 12.8. The molecular formula is C27H29N5O4S. The van der Waals surface area contributed by atoms with E-state index in [0.29, 0.717) is 29.0 Å². The minimum Gasteiger partial charge on any atom is -0.457 e. The summed E-state index contributed by atoms with van der Waals surface area (Å²) in [5, 5.41) is 17.6. The maximum absolute atomic E-state index is 13.1. The number of amidine groups is 1. The zero-order chi connectivity index (χ0) is 26.4. The number of ether oxygens (including phenoxy) is 1. The second kappa shape index (κ2) is 11.8. The smallest absolute Gasteiger partial charge is 0.251 e. The van der Waals surface area contributed by atoms with Crippen LogP contribution in [0, 0.1) is 12.3 Å². The average molecular weight is 520 g/mol. The molecule has 0 saturated carbocycles. The number of hydrogen-bond donors (Lipinski definition) is 5. The number of nitrogens with one attached hydrogen (secondary N) is 4. The van der Waals surface area contributed by atoms with Crippen LogP contribution in [0.15, 0.2) is 60.0 Å². The molecule has 0 radical (unpaired) electrons. The van der Waals surface area contributed by atoms with E-state index in [1.54, 1.807) is 29.6 Å². The van der Waals surface area contributed by atoms with Gasteiger partial charge in [-0.15, -0.1) is 11.3 Å². The van der Waals surface area contributed by atoms with Crippen LogP contribution in [-0.4, -0.2) is 42.2 Å². The van der Waals surface area contributed by atoms with Gasteiger partial charge in [0.2, 0.25) is 11.8 Å². The number of benzene rings is 2. The van der Waals surface area contributed by atoms with E-state index in [2.05, 4.69) is 16.0 Å². The van der Waals surface area contributed by atoms with Gasteiger partial charge < -0.3 is 21.1 Å². The summed E-state index contributed by atoms with van der Waals surface area (Å²) in [5.74, 6) is -0.238. The Morgan fingerprint density at radius 3 is 2.59 bits per heavy atom. The first-order valence-electron chi connectivity index (χ1n) is 11.9. The molecule has 0 spiro atoms. The molecular weight excluding hydrogens is 490 g/mol. The van der Waals surface area contributed by atoms with Crippen LogP contribution in [0.2, 0.25) is 0 Å². The maximum Gasteiger partial charge on any atom is 0.251 e. The van der Waals surface area contributed by atoms with Gasteiger partial charge >= 0.3 is 0 Å². The molecule has 37 heavy (non-hydrogen) atoms. The van der Waals surface area contributed by atoms with E-state index in [4.69, 9.17) is 15.9 Å². The van der Waals surface area contributed by atoms with Crippen molar-refractivity contribution in [3.05, 3.63) is 81.5 Å². The number of nitrogen functional groups attached to an aromatic ring is 1. The number of rotatable bonds is 9. The largest absolute Gasteiger partial charge is 0.457 e. The molecule has 2 atom stereocenters. The van der Waals surface area contributed by atoms with Gasteiger partial charge in [0.05, 0.1) is 6.04 Å². The van der Waals surface area contributed by atoms with Gasteiger partial charge in [0, 0.05) is 27.8 Å². The average Bonchev–Trinajstić information content (AvgIpc) is 3.58. The van der Waals surface area contributed by atoms with Crippen LogP contribution in [0.4, 0.5) is 0 Å². The Balaban J connectivity index is 1.49. The number of imide groups is 1. The van der Waals surface area contributed by atoms with E-state index in [-0.39, 0.29) is 12.3 Å². The summed E-state index contributed by atoms with van der Waals surface area (Å²) in [4.78, 5) is 39.5.